The first-order chi connectivity index (χ1) is 9.83. The van der Waals surface area contributed by atoms with Crippen molar-refractivity contribution in [1.82, 2.24) is 10.2 Å². The molecule has 2 aromatic carbocycles. The molecule has 0 atom stereocenters. The van der Waals surface area contributed by atoms with Crippen molar-refractivity contribution < 1.29 is 0 Å². The van der Waals surface area contributed by atoms with Crippen LogP contribution in [0.3, 0.4) is 0 Å². The minimum absolute atomic E-state index is 0.663. The average Bonchev–Trinajstić information content (AvgIpc) is 2.49. The number of hydrogen-bond acceptors (Lipinski definition) is 2. The second kappa shape index (κ2) is 5.80. The molecule has 0 aliphatic heterocycles. The molecule has 0 saturated heterocycles. The first-order valence-corrected chi connectivity index (χ1v) is 6.92. The fraction of sp³-hybridized carbons (Fsp3) is 0.0588. The van der Waals surface area contributed by atoms with Crippen LogP contribution in [0.2, 0.25) is 0 Å². The van der Waals surface area contributed by atoms with Crippen LogP contribution in [0.15, 0.2) is 66.7 Å². The van der Waals surface area contributed by atoms with Crippen molar-refractivity contribution in [2.75, 3.05) is 0 Å². The zero-order valence-corrected chi connectivity index (χ0v) is 11.7. The van der Waals surface area contributed by atoms with Crippen LogP contribution in [-0.2, 0) is 6.42 Å². The van der Waals surface area contributed by atoms with E-state index in [0.717, 1.165) is 23.2 Å². The average molecular weight is 278 g/mol. The molecule has 3 aromatic rings. The molecule has 1 N–H and O–H groups in total. The van der Waals surface area contributed by atoms with Gasteiger partial charge in [0.2, 0.25) is 0 Å². The third-order valence-electron chi connectivity index (χ3n) is 3.17. The molecule has 0 aliphatic rings. The molecule has 1 heterocycles. The lowest BCUT2D eigenvalue weighted by atomic mass is 10.0. The molecule has 20 heavy (non-hydrogen) atoms. The fourth-order valence-electron chi connectivity index (χ4n) is 2.24. The van der Waals surface area contributed by atoms with Crippen LogP contribution in [-0.4, -0.2) is 10.2 Å². The minimum Gasteiger partial charge on any atom is -0.267 e. The molecule has 1 aromatic heterocycles. The van der Waals surface area contributed by atoms with Crippen molar-refractivity contribution in [3.05, 3.63) is 82.5 Å². The molecule has 3 rings (SSSR count). The third-order valence-corrected chi connectivity index (χ3v) is 3.38. The summed E-state index contributed by atoms with van der Waals surface area (Å²) in [6.45, 7) is 0. The summed E-state index contributed by atoms with van der Waals surface area (Å²) in [7, 11) is 0. The maximum absolute atomic E-state index is 5.21. The minimum atomic E-state index is 0.663. The van der Waals surface area contributed by atoms with Crippen LogP contribution in [0.25, 0.3) is 11.3 Å². The zero-order chi connectivity index (χ0) is 13.8. The Labute approximate surface area is 123 Å². The van der Waals surface area contributed by atoms with Gasteiger partial charge in [-0.05, 0) is 23.6 Å². The number of rotatable bonds is 3. The highest BCUT2D eigenvalue weighted by molar-refractivity contribution is 7.71. The number of aromatic nitrogens is 2. The monoisotopic (exact) mass is 278 g/mol. The summed E-state index contributed by atoms with van der Waals surface area (Å²) in [6.07, 6.45) is 0.830. The normalized spacial score (nSPS) is 10.4. The summed E-state index contributed by atoms with van der Waals surface area (Å²) in [5, 5.41) is 7.30. The van der Waals surface area contributed by atoms with E-state index in [-0.39, 0.29) is 0 Å². The number of benzene rings is 2. The topological polar surface area (TPSA) is 28.7 Å². The highest BCUT2D eigenvalue weighted by atomic mass is 32.1. The van der Waals surface area contributed by atoms with Crippen molar-refractivity contribution in [2.45, 2.75) is 6.42 Å². The molecule has 0 radical (unpaired) electrons. The molecule has 0 unspecified atom stereocenters. The van der Waals surface area contributed by atoms with Crippen LogP contribution in [0, 0.1) is 4.64 Å². The maximum atomic E-state index is 5.21. The third kappa shape index (κ3) is 2.83. The van der Waals surface area contributed by atoms with Gasteiger partial charge in [0, 0.05) is 5.56 Å². The lowest BCUT2D eigenvalue weighted by Crippen LogP contribution is -1.97. The molecule has 0 saturated carbocycles. The van der Waals surface area contributed by atoms with Crippen molar-refractivity contribution in [1.29, 1.82) is 0 Å². The van der Waals surface area contributed by atoms with Gasteiger partial charge in [-0.2, -0.15) is 5.10 Å². The van der Waals surface area contributed by atoms with Gasteiger partial charge in [-0.15, -0.1) is 0 Å². The zero-order valence-electron chi connectivity index (χ0n) is 10.9. The highest BCUT2D eigenvalue weighted by Gasteiger charge is 2.07. The van der Waals surface area contributed by atoms with Crippen LogP contribution in [0.5, 0.6) is 0 Å². The molecule has 0 spiro atoms. The molecule has 0 bridgehead atoms. The molecule has 0 amide bonds. The summed E-state index contributed by atoms with van der Waals surface area (Å²) in [5.74, 6) is 0. The van der Waals surface area contributed by atoms with Crippen LogP contribution in [0.1, 0.15) is 11.1 Å². The Hall–Kier alpha value is -2.26. The number of nitrogens with zero attached hydrogens (tertiary/aromatic N) is 1. The van der Waals surface area contributed by atoms with Gasteiger partial charge in [-0.25, -0.2) is 0 Å². The van der Waals surface area contributed by atoms with Gasteiger partial charge in [0.15, 0.2) is 0 Å². The van der Waals surface area contributed by atoms with Gasteiger partial charge in [0.1, 0.15) is 4.64 Å². The smallest absolute Gasteiger partial charge is 0.119 e. The van der Waals surface area contributed by atoms with E-state index >= 15 is 0 Å². The Morgan fingerprint density at radius 2 is 1.55 bits per heavy atom. The van der Waals surface area contributed by atoms with Crippen LogP contribution >= 0.6 is 12.2 Å². The van der Waals surface area contributed by atoms with E-state index in [9.17, 15) is 0 Å². The molecular formula is C17H14N2S. The Morgan fingerprint density at radius 3 is 2.25 bits per heavy atom. The Bertz CT molecular complexity index is 749. The quantitative estimate of drug-likeness (QED) is 0.719. The second-order valence-electron chi connectivity index (χ2n) is 4.63. The standard InChI is InChI=1S/C17H14N2S/c20-16-12-15(11-13-7-3-1-4-8-13)17(19-18-16)14-9-5-2-6-10-14/h1-10,12H,11H2,(H,18,20). The summed E-state index contributed by atoms with van der Waals surface area (Å²) < 4.78 is 0.663. The SMILES string of the molecule is S=c1cc(Cc2ccccc2)c(-c2ccccc2)n[nH]1. The first kappa shape index (κ1) is 12.8. The van der Waals surface area contributed by atoms with E-state index < -0.39 is 0 Å². The Balaban J connectivity index is 2.06. The van der Waals surface area contributed by atoms with E-state index in [2.05, 4.69) is 46.6 Å². The predicted molar refractivity (Wildman–Crippen MR) is 84.1 cm³/mol. The Morgan fingerprint density at radius 1 is 0.900 bits per heavy atom. The lowest BCUT2D eigenvalue weighted by Gasteiger charge is -2.08. The summed E-state index contributed by atoms with van der Waals surface area (Å²) in [6, 6.07) is 22.5. The number of H-pyrrole nitrogens is 1. The number of nitrogens with one attached hydrogen (secondary N) is 1. The van der Waals surface area contributed by atoms with Crippen LogP contribution in [0.4, 0.5) is 0 Å². The first-order valence-electron chi connectivity index (χ1n) is 6.51. The van der Waals surface area contributed by atoms with Gasteiger partial charge in [0.25, 0.3) is 0 Å². The van der Waals surface area contributed by atoms with Gasteiger partial charge in [0.05, 0.1) is 5.69 Å². The van der Waals surface area contributed by atoms with Gasteiger partial charge >= 0.3 is 0 Å². The molecule has 0 aliphatic carbocycles. The maximum Gasteiger partial charge on any atom is 0.119 e. The number of aromatic amines is 1. The van der Waals surface area contributed by atoms with E-state index in [1.54, 1.807) is 0 Å². The summed E-state index contributed by atoms with van der Waals surface area (Å²) >= 11 is 5.21. The summed E-state index contributed by atoms with van der Waals surface area (Å²) in [5.41, 5.74) is 4.46. The molecular weight excluding hydrogens is 264 g/mol. The van der Waals surface area contributed by atoms with E-state index in [0.29, 0.717) is 4.64 Å². The summed E-state index contributed by atoms with van der Waals surface area (Å²) in [4.78, 5) is 0. The lowest BCUT2D eigenvalue weighted by molar-refractivity contribution is 0.989. The van der Waals surface area contributed by atoms with E-state index in [4.69, 9.17) is 12.2 Å². The van der Waals surface area contributed by atoms with Gasteiger partial charge in [-0.3, -0.25) is 5.10 Å². The van der Waals surface area contributed by atoms with E-state index in [1.807, 2.05) is 30.3 Å². The molecule has 98 valence electrons. The fourth-order valence-corrected chi connectivity index (χ4v) is 2.43. The van der Waals surface area contributed by atoms with Crippen molar-refractivity contribution >= 4 is 12.2 Å². The van der Waals surface area contributed by atoms with Crippen LogP contribution < -0.4 is 0 Å². The number of hydrogen-bond donors (Lipinski definition) is 1. The predicted octanol–water partition coefficient (Wildman–Crippen LogP) is 4.40. The van der Waals surface area contributed by atoms with Crippen molar-refractivity contribution in [2.24, 2.45) is 0 Å². The van der Waals surface area contributed by atoms with Gasteiger partial charge < -0.3 is 0 Å². The Kier molecular flexibility index (Phi) is 3.70. The largest absolute Gasteiger partial charge is 0.267 e. The van der Waals surface area contributed by atoms with E-state index in [1.165, 1.54) is 5.56 Å². The highest BCUT2D eigenvalue weighted by Crippen LogP contribution is 2.22. The van der Waals surface area contributed by atoms with Gasteiger partial charge in [-0.1, -0.05) is 72.9 Å². The van der Waals surface area contributed by atoms with Crippen molar-refractivity contribution in [3.63, 3.8) is 0 Å². The van der Waals surface area contributed by atoms with Crippen molar-refractivity contribution in [3.8, 4) is 11.3 Å². The second-order valence-corrected chi connectivity index (χ2v) is 5.07. The molecule has 2 nitrogen and oxygen atoms in total. The molecule has 3 heteroatoms. The molecule has 0 fully saturated rings.